The molecule has 0 radical (unpaired) electrons. The molecule has 0 aliphatic heterocycles. The second kappa shape index (κ2) is 1.88. The first-order valence-electron chi connectivity index (χ1n) is 2.75. The molecule has 50 valence electrons. The van der Waals surface area contributed by atoms with Crippen molar-refractivity contribution in [3.05, 3.63) is 23.4 Å². The Hall–Kier alpha value is -1.23. The maximum atomic E-state index is 4.90. The van der Waals surface area contributed by atoms with Crippen molar-refractivity contribution in [2.75, 3.05) is 0 Å². The fraction of sp³-hybridized carbons (Fsp3) is 0. The summed E-state index contributed by atoms with van der Waals surface area (Å²) in [4.78, 5) is 3.88. The fourth-order valence-electron chi connectivity index (χ4n) is 0.767. The van der Waals surface area contributed by atoms with E-state index in [0.29, 0.717) is 4.77 Å². The quantitative estimate of drug-likeness (QED) is 0.567. The minimum atomic E-state index is 0.595. The third kappa shape index (κ3) is 0.640. The van der Waals surface area contributed by atoms with Gasteiger partial charge in [-0.25, -0.2) is 0 Å². The Balaban J connectivity index is 3.07. The van der Waals surface area contributed by atoms with Gasteiger partial charge in [0.05, 0.1) is 6.20 Å². The molecule has 10 heavy (non-hydrogen) atoms. The van der Waals surface area contributed by atoms with Crippen molar-refractivity contribution >= 4 is 17.9 Å². The smallest absolute Gasteiger partial charge is 0.199 e. The Kier molecular flexibility index (Phi) is 1.04. The molecule has 0 aliphatic rings. The van der Waals surface area contributed by atoms with Crippen molar-refractivity contribution in [3.8, 4) is 0 Å². The zero-order valence-electron chi connectivity index (χ0n) is 4.98. The van der Waals surface area contributed by atoms with Gasteiger partial charge in [0.25, 0.3) is 0 Å². The van der Waals surface area contributed by atoms with Crippen molar-refractivity contribution in [1.29, 1.82) is 0 Å². The molecule has 0 aromatic carbocycles. The number of nitrogens with zero attached hydrogens (tertiary/aromatic N) is 3. The van der Waals surface area contributed by atoms with E-state index in [1.165, 1.54) is 0 Å². The second-order valence-electron chi connectivity index (χ2n) is 1.83. The first-order valence-corrected chi connectivity index (χ1v) is 3.15. The summed E-state index contributed by atoms with van der Waals surface area (Å²) in [5, 5.41) is 6.55. The van der Waals surface area contributed by atoms with Crippen LogP contribution >= 0.6 is 12.2 Å². The number of fused-ring (bicyclic) bond motifs is 1. The summed E-state index contributed by atoms with van der Waals surface area (Å²) in [5.74, 6) is 0. The molecule has 0 spiro atoms. The summed E-state index contributed by atoms with van der Waals surface area (Å²) in [6, 6.07) is 0. The lowest BCUT2D eigenvalue weighted by Crippen LogP contribution is -1.82. The molecule has 1 N–H and O–H groups in total. The van der Waals surface area contributed by atoms with Gasteiger partial charge in [0.15, 0.2) is 10.4 Å². The van der Waals surface area contributed by atoms with Gasteiger partial charge in [-0.05, 0) is 12.2 Å². The maximum Gasteiger partial charge on any atom is 0.199 e. The number of hydrogen-bond donors (Lipinski definition) is 1. The summed E-state index contributed by atoms with van der Waals surface area (Å²) in [5.41, 5.74) is 0.743. The van der Waals surface area contributed by atoms with Crippen molar-refractivity contribution in [3.63, 3.8) is 0 Å². The Bertz CT molecular complexity index is 401. The van der Waals surface area contributed by atoms with Crippen LogP contribution in [0.25, 0.3) is 5.65 Å². The van der Waals surface area contributed by atoms with Crippen LogP contribution in [-0.2, 0) is 0 Å². The minimum Gasteiger partial charge on any atom is -0.273 e. The van der Waals surface area contributed by atoms with Gasteiger partial charge in [-0.1, -0.05) is 0 Å². The summed E-state index contributed by atoms with van der Waals surface area (Å²) in [7, 11) is 0. The van der Waals surface area contributed by atoms with Gasteiger partial charge in [0.1, 0.15) is 0 Å². The number of nitrogens with one attached hydrogen (secondary N) is 1. The Labute approximate surface area is 61.5 Å². The highest BCUT2D eigenvalue weighted by Gasteiger charge is 1.91. The molecule has 0 saturated heterocycles. The Morgan fingerprint density at radius 1 is 1.60 bits per heavy atom. The maximum absolute atomic E-state index is 4.90. The van der Waals surface area contributed by atoms with Gasteiger partial charge in [-0.2, -0.15) is 5.10 Å². The molecule has 0 unspecified atom stereocenters. The van der Waals surface area contributed by atoms with Crippen molar-refractivity contribution in [2.45, 2.75) is 0 Å². The van der Waals surface area contributed by atoms with Crippen LogP contribution < -0.4 is 0 Å². The van der Waals surface area contributed by atoms with Crippen molar-refractivity contribution in [1.82, 2.24) is 19.6 Å². The van der Waals surface area contributed by atoms with Gasteiger partial charge < -0.3 is 0 Å². The van der Waals surface area contributed by atoms with Gasteiger partial charge >= 0.3 is 0 Å². The fourth-order valence-corrected chi connectivity index (χ4v) is 0.967. The highest BCUT2D eigenvalue weighted by Crippen LogP contribution is 1.94. The van der Waals surface area contributed by atoms with E-state index >= 15 is 0 Å². The lowest BCUT2D eigenvalue weighted by molar-refractivity contribution is 1.07. The second-order valence-corrected chi connectivity index (χ2v) is 2.22. The average molecular weight is 152 g/mol. The standard InChI is InChI=1S/C5H4N4S/c10-5-8-7-4-3-6-1-2-9(4)5/h1-3H,(H,8,10). The lowest BCUT2D eigenvalue weighted by atomic mass is 10.7. The molecule has 2 aromatic heterocycles. The molecular weight excluding hydrogens is 148 g/mol. The lowest BCUT2D eigenvalue weighted by Gasteiger charge is -1.85. The first-order chi connectivity index (χ1) is 4.88. The molecule has 0 amide bonds. The molecule has 0 aliphatic carbocycles. The van der Waals surface area contributed by atoms with E-state index in [2.05, 4.69) is 15.2 Å². The Morgan fingerprint density at radius 3 is 3.30 bits per heavy atom. The number of rotatable bonds is 0. The van der Waals surface area contributed by atoms with E-state index in [9.17, 15) is 0 Å². The predicted octanol–water partition coefficient (Wildman–Crippen LogP) is 0.787. The van der Waals surface area contributed by atoms with Crippen LogP contribution in [0.2, 0.25) is 0 Å². The summed E-state index contributed by atoms with van der Waals surface area (Å²) >= 11 is 4.90. The largest absolute Gasteiger partial charge is 0.273 e. The average Bonchev–Trinajstić information content (AvgIpc) is 2.34. The monoisotopic (exact) mass is 152 g/mol. The first kappa shape index (κ1) is 5.55. The number of hydrogen-bond acceptors (Lipinski definition) is 3. The van der Waals surface area contributed by atoms with Gasteiger partial charge in [-0.15, -0.1) is 0 Å². The number of aromatic amines is 1. The topological polar surface area (TPSA) is 46.0 Å². The van der Waals surface area contributed by atoms with Crippen LogP contribution in [0, 0.1) is 4.77 Å². The highest BCUT2D eigenvalue weighted by atomic mass is 32.1. The predicted molar refractivity (Wildman–Crippen MR) is 38.2 cm³/mol. The van der Waals surface area contributed by atoms with Crippen LogP contribution in [0.1, 0.15) is 0 Å². The van der Waals surface area contributed by atoms with Crippen molar-refractivity contribution < 1.29 is 0 Å². The molecule has 2 heterocycles. The van der Waals surface area contributed by atoms with Crippen molar-refractivity contribution in [2.24, 2.45) is 0 Å². The van der Waals surface area contributed by atoms with Crippen LogP contribution in [0.4, 0.5) is 0 Å². The zero-order chi connectivity index (χ0) is 6.97. The van der Waals surface area contributed by atoms with Gasteiger partial charge in [0, 0.05) is 12.4 Å². The molecule has 2 aromatic rings. The van der Waals surface area contributed by atoms with Crippen LogP contribution in [0.3, 0.4) is 0 Å². The summed E-state index contributed by atoms with van der Waals surface area (Å²) in [6.07, 6.45) is 5.08. The molecule has 0 saturated carbocycles. The minimum absolute atomic E-state index is 0.595. The van der Waals surface area contributed by atoms with Gasteiger partial charge in [-0.3, -0.25) is 14.5 Å². The molecular formula is C5H4N4S. The molecule has 2 rings (SSSR count). The number of aromatic nitrogens is 4. The van der Waals surface area contributed by atoms with E-state index in [-0.39, 0.29) is 0 Å². The SMILES string of the molecule is S=c1[nH]nc2cnccn12. The molecule has 4 nitrogen and oxygen atoms in total. The van der Waals surface area contributed by atoms with E-state index < -0.39 is 0 Å². The third-order valence-corrected chi connectivity index (χ3v) is 1.51. The molecule has 0 atom stereocenters. The van der Waals surface area contributed by atoms with Gasteiger partial charge in [0.2, 0.25) is 0 Å². The van der Waals surface area contributed by atoms with E-state index in [1.807, 2.05) is 0 Å². The van der Waals surface area contributed by atoms with Crippen LogP contribution in [0.15, 0.2) is 18.6 Å². The third-order valence-electron chi connectivity index (χ3n) is 1.22. The molecule has 0 fully saturated rings. The highest BCUT2D eigenvalue weighted by molar-refractivity contribution is 7.71. The molecule has 5 heteroatoms. The van der Waals surface area contributed by atoms with Crippen LogP contribution in [-0.4, -0.2) is 19.6 Å². The number of H-pyrrole nitrogens is 1. The summed E-state index contributed by atoms with van der Waals surface area (Å²) in [6.45, 7) is 0. The normalized spacial score (nSPS) is 10.4. The van der Waals surface area contributed by atoms with E-state index in [1.54, 1.807) is 23.0 Å². The van der Waals surface area contributed by atoms with E-state index in [4.69, 9.17) is 12.2 Å². The van der Waals surface area contributed by atoms with Crippen LogP contribution in [0.5, 0.6) is 0 Å². The van der Waals surface area contributed by atoms with E-state index in [0.717, 1.165) is 5.65 Å². The Morgan fingerprint density at radius 2 is 2.50 bits per heavy atom. The zero-order valence-corrected chi connectivity index (χ0v) is 5.80. The summed E-state index contributed by atoms with van der Waals surface area (Å²) < 4.78 is 2.35. The molecule has 0 bridgehead atoms.